The molecule has 1 saturated carbocycles. The van der Waals surface area contributed by atoms with Gasteiger partial charge in [-0.15, -0.1) is 10.2 Å². The molecule has 0 aliphatic heterocycles. The zero-order valence-electron chi connectivity index (χ0n) is 12.9. The number of carbonyl (C=O) groups excluding carboxylic acids is 1. The lowest BCUT2D eigenvalue weighted by Gasteiger charge is -2.26. The van der Waals surface area contributed by atoms with Gasteiger partial charge in [-0.2, -0.15) is 0 Å². The van der Waals surface area contributed by atoms with E-state index >= 15 is 0 Å². The molecule has 6 nitrogen and oxygen atoms in total. The molecule has 0 radical (unpaired) electrons. The molecule has 0 amide bonds. The normalized spacial score (nSPS) is 25.0. The van der Waals surface area contributed by atoms with Crippen LogP contribution in [0.4, 0.5) is 5.13 Å². The number of hydrogen-bond donors (Lipinski definition) is 1. The first-order valence-corrected chi connectivity index (χ1v) is 8.74. The number of esters is 1. The number of aromatic nitrogens is 2. The third-order valence-corrected chi connectivity index (χ3v) is 6.10. The van der Waals surface area contributed by atoms with Gasteiger partial charge < -0.3 is 15.0 Å². The molecule has 1 aliphatic carbocycles. The Bertz CT molecular complexity index is 494. The van der Waals surface area contributed by atoms with E-state index in [-0.39, 0.29) is 5.97 Å². The van der Waals surface area contributed by atoms with Crippen LogP contribution in [0.5, 0.6) is 0 Å². The summed E-state index contributed by atoms with van der Waals surface area (Å²) >= 11 is 3.30. The van der Waals surface area contributed by atoms with Crippen molar-refractivity contribution in [2.24, 2.45) is 0 Å². The quantitative estimate of drug-likeness (QED) is 0.797. The van der Waals surface area contributed by atoms with Crippen LogP contribution in [0.1, 0.15) is 26.2 Å². The van der Waals surface area contributed by atoms with Gasteiger partial charge in [-0.25, -0.2) is 0 Å². The first kappa shape index (κ1) is 16.5. The van der Waals surface area contributed by atoms with Crippen LogP contribution in [-0.2, 0) is 9.53 Å². The predicted octanol–water partition coefficient (Wildman–Crippen LogP) is 1.77. The maximum Gasteiger partial charge on any atom is 0.326 e. The number of nitrogens with one attached hydrogen (secondary N) is 1. The van der Waals surface area contributed by atoms with Crippen molar-refractivity contribution in [3.63, 3.8) is 0 Å². The van der Waals surface area contributed by atoms with E-state index in [1.165, 1.54) is 0 Å². The average Bonchev–Trinajstić information content (AvgIpc) is 3.07. The van der Waals surface area contributed by atoms with Crippen molar-refractivity contribution in [2.75, 3.05) is 32.6 Å². The van der Waals surface area contributed by atoms with Gasteiger partial charge in [0.05, 0.1) is 6.61 Å². The molecular formula is C13H22N4O2S2. The summed E-state index contributed by atoms with van der Waals surface area (Å²) in [5, 5.41) is 12.8. The molecule has 1 aromatic rings. The fourth-order valence-corrected chi connectivity index (χ4v) is 4.76. The second-order valence-corrected chi connectivity index (χ2v) is 7.78. The highest BCUT2D eigenvalue weighted by Crippen LogP contribution is 2.42. The van der Waals surface area contributed by atoms with E-state index in [4.69, 9.17) is 4.74 Å². The maximum absolute atomic E-state index is 12.2. The lowest BCUT2D eigenvalue weighted by Crippen LogP contribution is -2.49. The highest BCUT2D eigenvalue weighted by Gasteiger charge is 2.45. The SMILES string of the molecule is CCOC(=O)C1(NC)CCC(Sc2nnc(N(C)C)s2)C1. The first-order chi connectivity index (χ1) is 10.0. The Labute approximate surface area is 133 Å². The van der Waals surface area contributed by atoms with Crippen LogP contribution in [-0.4, -0.2) is 54.7 Å². The molecule has 2 atom stereocenters. The number of carbonyl (C=O) groups is 1. The minimum Gasteiger partial charge on any atom is -0.465 e. The Hall–Kier alpha value is -0.860. The van der Waals surface area contributed by atoms with E-state index in [1.54, 1.807) is 23.1 Å². The van der Waals surface area contributed by atoms with Gasteiger partial charge in [0.15, 0.2) is 4.34 Å². The predicted molar refractivity (Wildman–Crippen MR) is 86.2 cm³/mol. The zero-order chi connectivity index (χ0) is 15.5. The third-order valence-electron chi connectivity index (χ3n) is 3.66. The second-order valence-electron chi connectivity index (χ2n) is 5.28. The van der Waals surface area contributed by atoms with Gasteiger partial charge in [0, 0.05) is 19.3 Å². The Morgan fingerprint density at radius 2 is 2.33 bits per heavy atom. The van der Waals surface area contributed by atoms with Crippen LogP contribution in [0.2, 0.25) is 0 Å². The summed E-state index contributed by atoms with van der Waals surface area (Å²) in [6, 6.07) is 0. The molecule has 21 heavy (non-hydrogen) atoms. The minimum atomic E-state index is -0.539. The largest absolute Gasteiger partial charge is 0.465 e. The van der Waals surface area contributed by atoms with Crippen molar-refractivity contribution in [1.29, 1.82) is 0 Å². The Morgan fingerprint density at radius 1 is 1.57 bits per heavy atom. The van der Waals surface area contributed by atoms with Crippen molar-refractivity contribution < 1.29 is 9.53 Å². The standard InChI is InChI=1S/C13H22N4O2S2/c1-5-19-10(18)13(14-2)7-6-9(8-13)20-12-16-15-11(21-12)17(3)4/h9,14H,5-8H2,1-4H3. The van der Waals surface area contributed by atoms with Crippen LogP contribution in [0.15, 0.2) is 4.34 Å². The Kier molecular flexibility index (Phi) is 5.45. The van der Waals surface area contributed by atoms with Gasteiger partial charge in [-0.1, -0.05) is 23.1 Å². The van der Waals surface area contributed by atoms with Gasteiger partial charge in [-0.05, 0) is 33.2 Å². The third kappa shape index (κ3) is 3.67. The minimum absolute atomic E-state index is 0.137. The molecule has 0 saturated heterocycles. The topological polar surface area (TPSA) is 67.3 Å². The highest BCUT2D eigenvalue weighted by atomic mass is 32.2. The molecule has 1 aromatic heterocycles. The van der Waals surface area contributed by atoms with Gasteiger partial charge in [0.25, 0.3) is 0 Å². The van der Waals surface area contributed by atoms with Gasteiger partial charge in [0.2, 0.25) is 5.13 Å². The molecule has 118 valence electrons. The number of hydrogen-bond acceptors (Lipinski definition) is 8. The second kappa shape index (κ2) is 6.93. The molecule has 1 fully saturated rings. The van der Waals surface area contributed by atoms with Crippen LogP contribution in [0.3, 0.4) is 0 Å². The molecule has 1 N–H and O–H groups in total. The molecule has 8 heteroatoms. The summed E-state index contributed by atoms with van der Waals surface area (Å²) in [7, 11) is 5.74. The monoisotopic (exact) mass is 330 g/mol. The van der Waals surface area contributed by atoms with Crippen molar-refractivity contribution in [1.82, 2.24) is 15.5 Å². The molecule has 0 aromatic carbocycles. The summed E-state index contributed by atoms with van der Waals surface area (Å²) in [6.45, 7) is 2.26. The van der Waals surface area contributed by atoms with Crippen molar-refractivity contribution in [3.05, 3.63) is 0 Å². The first-order valence-electron chi connectivity index (χ1n) is 7.04. The van der Waals surface area contributed by atoms with E-state index in [1.807, 2.05) is 33.0 Å². The number of nitrogens with zero attached hydrogens (tertiary/aromatic N) is 3. The van der Waals surface area contributed by atoms with Crippen molar-refractivity contribution in [3.8, 4) is 0 Å². The lowest BCUT2D eigenvalue weighted by molar-refractivity contribution is -0.150. The summed E-state index contributed by atoms with van der Waals surface area (Å²) < 4.78 is 6.17. The van der Waals surface area contributed by atoms with Gasteiger partial charge in [0.1, 0.15) is 5.54 Å². The smallest absolute Gasteiger partial charge is 0.326 e. The molecule has 1 heterocycles. The van der Waals surface area contributed by atoms with Crippen LogP contribution < -0.4 is 10.2 Å². The van der Waals surface area contributed by atoms with Crippen LogP contribution in [0.25, 0.3) is 0 Å². The Morgan fingerprint density at radius 3 is 2.90 bits per heavy atom. The summed E-state index contributed by atoms with van der Waals surface area (Å²) in [4.78, 5) is 14.1. The van der Waals surface area contributed by atoms with E-state index in [0.29, 0.717) is 11.9 Å². The molecule has 0 bridgehead atoms. The summed E-state index contributed by atoms with van der Waals surface area (Å²) in [6.07, 6.45) is 2.55. The van der Waals surface area contributed by atoms with Crippen molar-refractivity contribution in [2.45, 2.75) is 41.3 Å². The van der Waals surface area contributed by atoms with Crippen molar-refractivity contribution >= 4 is 34.2 Å². The number of anilines is 1. The number of thioether (sulfide) groups is 1. The molecule has 2 unspecified atom stereocenters. The number of rotatable bonds is 6. The van der Waals surface area contributed by atoms with Crippen LogP contribution >= 0.6 is 23.1 Å². The molecular weight excluding hydrogens is 308 g/mol. The van der Waals surface area contributed by atoms with E-state index < -0.39 is 5.54 Å². The Balaban J connectivity index is 1.99. The summed E-state index contributed by atoms with van der Waals surface area (Å²) in [5.74, 6) is -0.137. The van der Waals surface area contributed by atoms with E-state index in [9.17, 15) is 4.79 Å². The lowest BCUT2D eigenvalue weighted by atomic mass is 9.98. The number of likely N-dealkylation sites (N-methyl/N-ethyl adjacent to an activating group) is 1. The summed E-state index contributed by atoms with van der Waals surface area (Å²) in [5.41, 5.74) is -0.539. The fourth-order valence-electron chi connectivity index (χ4n) is 2.46. The molecule has 0 spiro atoms. The fraction of sp³-hybridized carbons (Fsp3) is 0.769. The van der Waals surface area contributed by atoms with E-state index in [2.05, 4.69) is 15.5 Å². The maximum atomic E-state index is 12.2. The van der Waals surface area contributed by atoms with E-state index in [0.717, 1.165) is 28.7 Å². The molecule has 1 aliphatic rings. The average molecular weight is 330 g/mol. The van der Waals surface area contributed by atoms with Crippen LogP contribution in [0, 0.1) is 0 Å². The number of ether oxygens (including phenoxy) is 1. The van der Waals surface area contributed by atoms with Gasteiger partial charge in [-0.3, -0.25) is 4.79 Å². The van der Waals surface area contributed by atoms with Gasteiger partial charge >= 0.3 is 5.97 Å². The zero-order valence-corrected chi connectivity index (χ0v) is 14.5. The highest BCUT2D eigenvalue weighted by molar-refractivity contribution is 8.01. The molecule has 2 rings (SSSR count).